The molecule has 0 aliphatic heterocycles. The highest BCUT2D eigenvalue weighted by molar-refractivity contribution is 9.10. The Morgan fingerprint density at radius 1 is 1.71 bits per heavy atom. The van der Waals surface area contributed by atoms with Crippen molar-refractivity contribution >= 4 is 22.2 Å². The van der Waals surface area contributed by atoms with Gasteiger partial charge in [0, 0.05) is 0 Å². The molecule has 0 saturated heterocycles. The molecule has 1 atom stereocenters. The molecule has 0 amide bonds. The van der Waals surface area contributed by atoms with Crippen LogP contribution in [0.1, 0.15) is 12.8 Å². The van der Waals surface area contributed by atoms with E-state index in [9.17, 15) is 4.79 Å². The molecule has 0 bridgehead atoms. The number of aldehydes is 1. The maximum Gasteiger partial charge on any atom is 0.133 e. The lowest BCUT2D eigenvalue weighted by Crippen LogP contribution is -1.99. The number of hydrogen-bond acceptors (Lipinski definition) is 1. The van der Waals surface area contributed by atoms with Crippen LogP contribution < -0.4 is 0 Å². The maximum atomic E-state index is 9.94. The predicted molar refractivity (Wildman–Crippen MR) is 31.5 cm³/mol. The Balaban J connectivity index is 2.22. The van der Waals surface area contributed by atoms with Crippen LogP contribution in [0.15, 0.2) is 0 Å². The minimum atomic E-state index is 0.146. The van der Waals surface area contributed by atoms with E-state index < -0.39 is 0 Å². The Labute approximate surface area is 51.2 Å². The maximum absolute atomic E-state index is 9.94. The Bertz CT molecular complexity index is 78.1. The highest BCUT2D eigenvalue weighted by Gasteiger charge is 2.28. The van der Waals surface area contributed by atoms with E-state index >= 15 is 0 Å². The summed E-state index contributed by atoms with van der Waals surface area (Å²) in [4.78, 5) is 10.1. The van der Waals surface area contributed by atoms with Crippen LogP contribution in [0.4, 0.5) is 0 Å². The third-order valence-corrected chi connectivity index (χ3v) is 2.17. The molecule has 1 nitrogen and oxygen atoms in total. The van der Waals surface area contributed by atoms with Crippen LogP contribution in [0, 0.1) is 5.92 Å². The van der Waals surface area contributed by atoms with Crippen LogP contribution in [-0.4, -0.2) is 11.1 Å². The van der Waals surface area contributed by atoms with Crippen LogP contribution in [0.2, 0.25) is 0 Å². The lowest BCUT2D eigenvalue weighted by molar-refractivity contribution is -0.107. The number of carbonyl (C=O) groups is 1. The second-order valence-electron chi connectivity index (χ2n) is 1.92. The number of alkyl halides is 1. The van der Waals surface area contributed by atoms with Crippen LogP contribution in [-0.2, 0) is 4.79 Å². The Hall–Kier alpha value is 0.150. The van der Waals surface area contributed by atoms with Gasteiger partial charge in [-0.25, -0.2) is 0 Å². The minimum Gasteiger partial charge on any atom is -0.302 e. The summed E-state index contributed by atoms with van der Waals surface area (Å²) in [5, 5.41) is 0. The first-order chi connectivity index (χ1) is 3.34. The highest BCUT2D eigenvalue weighted by atomic mass is 79.9. The van der Waals surface area contributed by atoms with Crippen molar-refractivity contribution in [2.75, 3.05) is 0 Å². The summed E-state index contributed by atoms with van der Waals surface area (Å²) in [6.07, 6.45) is 3.43. The van der Waals surface area contributed by atoms with Gasteiger partial charge in [-0.15, -0.1) is 0 Å². The predicted octanol–water partition coefficient (Wildman–Crippen LogP) is 1.36. The molecule has 0 aromatic carbocycles. The zero-order valence-corrected chi connectivity index (χ0v) is 5.52. The van der Waals surface area contributed by atoms with Crippen molar-refractivity contribution < 1.29 is 4.79 Å². The summed E-state index contributed by atoms with van der Waals surface area (Å²) in [5.74, 6) is 0.664. The van der Waals surface area contributed by atoms with Crippen LogP contribution in [0.25, 0.3) is 0 Å². The van der Waals surface area contributed by atoms with Gasteiger partial charge >= 0.3 is 0 Å². The fraction of sp³-hybridized carbons (Fsp3) is 0.800. The average molecular weight is 163 g/mol. The highest BCUT2D eigenvalue weighted by Crippen LogP contribution is 2.35. The fourth-order valence-electron chi connectivity index (χ4n) is 0.526. The van der Waals surface area contributed by atoms with Crippen molar-refractivity contribution in [2.45, 2.75) is 17.7 Å². The van der Waals surface area contributed by atoms with Crippen LogP contribution in [0.3, 0.4) is 0 Å². The van der Waals surface area contributed by atoms with E-state index in [1.54, 1.807) is 0 Å². The molecule has 1 unspecified atom stereocenters. The van der Waals surface area contributed by atoms with Gasteiger partial charge in [0.15, 0.2) is 0 Å². The van der Waals surface area contributed by atoms with Gasteiger partial charge in [-0.2, -0.15) is 0 Å². The standard InChI is InChI=1S/C5H7BrO/c6-5(3-7)4-1-2-4/h3-5H,1-2H2. The quantitative estimate of drug-likeness (QED) is 0.443. The van der Waals surface area contributed by atoms with Gasteiger partial charge in [0.2, 0.25) is 0 Å². The number of carbonyl (C=O) groups excluding carboxylic acids is 1. The summed E-state index contributed by atoms with van der Waals surface area (Å²) in [6, 6.07) is 0. The van der Waals surface area contributed by atoms with Gasteiger partial charge in [0.05, 0.1) is 4.83 Å². The van der Waals surface area contributed by atoms with E-state index in [4.69, 9.17) is 0 Å². The summed E-state index contributed by atoms with van der Waals surface area (Å²) >= 11 is 3.24. The van der Waals surface area contributed by atoms with Crippen molar-refractivity contribution in [1.82, 2.24) is 0 Å². The lowest BCUT2D eigenvalue weighted by atomic mass is 10.3. The smallest absolute Gasteiger partial charge is 0.133 e. The summed E-state index contributed by atoms with van der Waals surface area (Å²) in [5.41, 5.74) is 0. The van der Waals surface area contributed by atoms with Crippen molar-refractivity contribution in [2.24, 2.45) is 5.92 Å². The monoisotopic (exact) mass is 162 g/mol. The van der Waals surface area contributed by atoms with Gasteiger partial charge in [-0.05, 0) is 18.8 Å². The molecule has 2 heteroatoms. The van der Waals surface area contributed by atoms with Crippen molar-refractivity contribution in [3.05, 3.63) is 0 Å². The summed E-state index contributed by atoms with van der Waals surface area (Å²) in [6.45, 7) is 0. The molecule has 0 aromatic heterocycles. The molecule has 1 fully saturated rings. The Kier molecular flexibility index (Phi) is 1.47. The van der Waals surface area contributed by atoms with Gasteiger partial charge in [-0.1, -0.05) is 15.9 Å². The zero-order chi connectivity index (χ0) is 5.28. The topological polar surface area (TPSA) is 17.1 Å². The second kappa shape index (κ2) is 1.95. The van der Waals surface area contributed by atoms with E-state index in [2.05, 4.69) is 15.9 Å². The molecule has 1 rings (SSSR count). The normalized spacial score (nSPS) is 24.1. The molecule has 0 aromatic rings. The van der Waals surface area contributed by atoms with E-state index in [1.165, 1.54) is 12.8 Å². The minimum absolute atomic E-state index is 0.146. The third kappa shape index (κ3) is 1.27. The SMILES string of the molecule is O=CC(Br)C1CC1. The molecule has 40 valence electrons. The van der Waals surface area contributed by atoms with Crippen molar-refractivity contribution in [3.8, 4) is 0 Å². The summed E-state index contributed by atoms with van der Waals surface area (Å²) < 4.78 is 0. The number of halogens is 1. The van der Waals surface area contributed by atoms with Gasteiger partial charge in [-0.3, -0.25) is 0 Å². The second-order valence-corrected chi connectivity index (χ2v) is 2.98. The molecule has 0 spiro atoms. The molecular weight excluding hydrogens is 156 g/mol. The van der Waals surface area contributed by atoms with E-state index in [-0.39, 0.29) is 4.83 Å². The van der Waals surface area contributed by atoms with Crippen LogP contribution in [0.5, 0.6) is 0 Å². The molecule has 0 N–H and O–H groups in total. The molecule has 0 radical (unpaired) electrons. The zero-order valence-electron chi connectivity index (χ0n) is 3.93. The number of rotatable bonds is 2. The van der Waals surface area contributed by atoms with Gasteiger partial charge in [0.25, 0.3) is 0 Å². The largest absolute Gasteiger partial charge is 0.302 e. The third-order valence-electron chi connectivity index (χ3n) is 1.20. The van der Waals surface area contributed by atoms with Crippen LogP contribution >= 0.6 is 15.9 Å². The summed E-state index contributed by atoms with van der Waals surface area (Å²) in [7, 11) is 0. The molecule has 1 aliphatic carbocycles. The molecule has 7 heavy (non-hydrogen) atoms. The van der Waals surface area contributed by atoms with E-state index in [0.29, 0.717) is 5.92 Å². The first kappa shape index (κ1) is 5.29. The Morgan fingerprint density at radius 3 is 2.43 bits per heavy atom. The molecule has 1 saturated carbocycles. The molecular formula is C5H7BrO. The molecule has 1 aliphatic rings. The lowest BCUT2D eigenvalue weighted by Gasteiger charge is -1.90. The molecule has 0 heterocycles. The van der Waals surface area contributed by atoms with Crippen molar-refractivity contribution in [1.29, 1.82) is 0 Å². The van der Waals surface area contributed by atoms with Gasteiger partial charge < -0.3 is 4.79 Å². The number of hydrogen-bond donors (Lipinski definition) is 0. The van der Waals surface area contributed by atoms with Crippen molar-refractivity contribution in [3.63, 3.8) is 0 Å². The average Bonchev–Trinajstić information content (AvgIpc) is 2.44. The van der Waals surface area contributed by atoms with E-state index in [1.807, 2.05) is 0 Å². The fourth-order valence-corrected chi connectivity index (χ4v) is 1.05. The Morgan fingerprint density at radius 2 is 2.29 bits per heavy atom. The van der Waals surface area contributed by atoms with E-state index in [0.717, 1.165) is 6.29 Å². The van der Waals surface area contributed by atoms with Gasteiger partial charge in [0.1, 0.15) is 6.29 Å². The first-order valence-electron chi connectivity index (χ1n) is 2.44. The first-order valence-corrected chi connectivity index (χ1v) is 3.35.